The van der Waals surface area contributed by atoms with Gasteiger partial charge in [0.05, 0.1) is 6.10 Å². The summed E-state index contributed by atoms with van der Waals surface area (Å²) in [6.45, 7) is 20.5. The summed E-state index contributed by atoms with van der Waals surface area (Å²) < 4.78 is 0. The van der Waals surface area contributed by atoms with E-state index in [-0.39, 0.29) is 11.5 Å². The molecule has 5 aliphatic rings. The van der Waals surface area contributed by atoms with Gasteiger partial charge in [0.1, 0.15) is 0 Å². The van der Waals surface area contributed by atoms with Crippen LogP contribution in [0.1, 0.15) is 113 Å². The molecule has 0 bridgehead atoms. The number of fused-ring (bicyclic) bond motifs is 7. The minimum atomic E-state index is -0.116. The molecule has 4 fully saturated rings. The minimum absolute atomic E-state index is 0.0665. The lowest BCUT2D eigenvalue weighted by Crippen LogP contribution is -2.67. The lowest BCUT2D eigenvalue weighted by atomic mass is 9.31. The summed E-state index contributed by atoms with van der Waals surface area (Å²) in [5, 5.41) is 10.9. The Hall–Kier alpha value is -0.300. The van der Waals surface area contributed by atoms with Gasteiger partial charge >= 0.3 is 0 Å². The molecule has 31 heavy (non-hydrogen) atoms. The van der Waals surface area contributed by atoms with E-state index in [0.29, 0.717) is 27.6 Å². The molecule has 176 valence electrons. The second kappa shape index (κ2) is 6.64. The third-order valence-electron chi connectivity index (χ3n) is 13.5. The second-order valence-corrected chi connectivity index (χ2v) is 14.7. The summed E-state index contributed by atoms with van der Waals surface area (Å²) in [5.41, 5.74) is 3.58. The number of allylic oxidation sites excluding steroid dienone is 2. The van der Waals surface area contributed by atoms with Crippen LogP contribution in [0.4, 0.5) is 0 Å². The Kier molecular flexibility index (Phi) is 4.82. The van der Waals surface area contributed by atoms with Gasteiger partial charge in [-0.05, 0) is 121 Å². The molecule has 0 spiro atoms. The fraction of sp³-hybridized carbons (Fsp3) is 0.933. The van der Waals surface area contributed by atoms with E-state index in [2.05, 4.69) is 61.5 Å². The Morgan fingerprint density at radius 1 is 0.806 bits per heavy atom. The second-order valence-electron chi connectivity index (χ2n) is 14.7. The molecule has 5 aliphatic carbocycles. The van der Waals surface area contributed by atoms with Crippen LogP contribution in [0.15, 0.2) is 11.6 Å². The first-order chi connectivity index (χ1) is 14.3. The van der Waals surface area contributed by atoms with E-state index >= 15 is 0 Å². The Bertz CT molecular complexity index is 779. The van der Waals surface area contributed by atoms with Crippen molar-refractivity contribution in [2.24, 2.45) is 56.7 Å². The summed E-state index contributed by atoms with van der Waals surface area (Å²) in [5.74, 6) is 4.00. The molecule has 0 aliphatic heterocycles. The molecule has 4 saturated carbocycles. The van der Waals surface area contributed by atoms with E-state index in [1.54, 1.807) is 5.57 Å². The van der Waals surface area contributed by atoms with E-state index in [1.807, 2.05) is 0 Å². The number of hydrogen-bond donors (Lipinski definition) is 1. The maximum atomic E-state index is 10.9. The van der Waals surface area contributed by atoms with Gasteiger partial charge in [-0.2, -0.15) is 0 Å². The summed E-state index contributed by atoms with van der Waals surface area (Å²) >= 11 is 0. The predicted molar refractivity (Wildman–Crippen MR) is 131 cm³/mol. The zero-order valence-corrected chi connectivity index (χ0v) is 21.9. The highest BCUT2D eigenvalue weighted by Crippen LogP contribution is 2.76. The first-order valence-corrected chi connectivity index (χ1v) is 13.7. The monoisotopic (exact) mass is 426 g/mol. The summed E-state index contributed by atoms with van der Waals surface area (Å²) in [6.07, 6.45) is 14.5. The summed E-state index contributed by atoms with van der Waals surface area (Å²) in [6, 6.07) is 0. The van der Waals surface area contributed by atoms with Crippen LogP contribution in [0.25, 0.3) is 0 Å². The zero-order valence-electron chi connectivity index (χ0n) is 21.9. The Balaban J connectivity index is 1.55. The topological polar surface area (TPSA) is 20.2 Å². The lowest BCUT2D eigenvalue weighted by Gasteiger charge is -2.73. The minimum Gasteiger partial charge on any atom is -0.393 e. The van der Waals surface area contributed by atoms with Crippen molar-refractivity contribution in [2.45, 2.75) is 119 Å². The van der Waals surface area contributed by atoms with Crippen molar-refractivity contribution in [3.8, 4) is 0 Å². The predicted octanol–water partition coefficient (Wildman–Crippen LogP) is 8.02. The van der Waals surface area contributed by atoms with Gasteiger partial charge in [-0.15, -0.1) is 0 Å². The van der Waals surface area contributed by atoms with Gasteiger partial charge in [0, 0.05) is 0 Å². The van der Waals surface area contributed by atoms with Crippen LogP contribution >= 0.6 is 0 Å². The van der Waals surface area contributed by atoms with Crippen molar-refractivity contribution >= 4 is 0 Å². The number of hydrogen-bond acceptors (Lipinski definition) is 1. The fourth-order valence-corrected chi connectivity index (χ4v) is 11.3. The number of rotatable bonds is 0. The first kappa shape index (κ1) is 22.5. The molecule has 10 atom stereocenters. The molecule has 1 heteroatoms. The van der Waals surface area contributed by atoms with E-state index in [0.717, 1.165) is 30.1 Å². The van der Waals surface area contributed by atoms with Crippen molar-refractivity contribution in [3.05, 3.63) is 11.6 Å². The van der Waals surface area contributed by atoms with Crippen molar-refractivity contribution in [2.75, 3.05) is 0 Å². The van der Waals surface area contributed by atoms with Gasteiger partial charge in [-0.1, -0.05) is 60.1 Å². The average Bonchev–Trinajstić information content (AvgIpc) is 2.69. The normalized spacial score (nSPS) is 58.3. The first-order valence-electron chi connectivity index (χ1n) is 13.7. The molecule has 1 N–H and O–H groups in total. The highest BCUT2D eigenvalue weighted by atomic mass is 16.3. The maximum Gasteiger partial charge on any atom is 0.0594 e. The molecular formula is C30H50O. The lowest BCUT2D eigenvalue weighted by molar-refractivity contribution is -0.250. The van der Waals surface area contributed by atoms with Gasteiger partial charge in [0.25, 0.3) is 0 Å². The quantitative estimate of drug-likeness (QED) is 0.389. The number of aliphatic hydroxyl groups excluding tert-OH is 1. The van der Waals surface area contributed by atoms with Crippen molar-refractivity contribution in [1.29, 1.82) is 0 Å². The van der Waals surface area contributed by atoms with E-state index < -0.39 is 0 Å². The maximum absolute atomic E-state index is 10.9. The van der Waals surface area contributed by atoms with Crippen molar-refractivity contribution in [3.63, 3.8) is 0 Å². The van der Waals surface area contributed by atoms with Crippen molar-refractivity contribution < 1.29 is 5.11 Å². The molecule has 1 nitrogen and oxygen atoms in total. The largest absolute Gasteiger partial charge is 0.393 e. The number of aliphatic hydroxyl groups is 1. The van der Waals surface area contributed by atoms with Gasteiger partial charge in [0.15, 0.2) is 0 Å². The van der Waals surface area contributed by atoms with Crippen LogP contribution in [-0.2, 0) is 0 Å². The molecule has 0 heterocycles. The highest BCUT2D eigenvalue weighted by Gasteiger charge is 2.69. The molecule has 0 aromatic heterocycles. The van der Waals surface area contributed by atoms with Gasteiger partial charge in [-0.3, -0.25) is 0 Å². The molecule has 0 aromatic carbocycles. The van der Waals surface area contributed by atoms with Crippen LogP contribution in [0.2, 0.25) is 0 Å². The van der Waals surface area contributed by atoms with E-state index in [4.69, 9.17) is 0 Å². The van der Waals surface area contributed by atoms with Crippen LogP contribution in [0, 0.1) is 56.7 Å². The molecule has 0 aromatic rings. The fourth-order valence-electron chi connectivity index (χ4n) is 11.3. The third kappa shape index (κ3) is 2.65. The van der Waals surface area contributed by atoms with Crippen molar-refractivity contribution in [1.82, 2.24) is 0 Å². The molecule has 0 amide bonds. The standard InChI is InChI=1S/C30H50O/c1-19-11-14-27(5)17-18-29(7)21(25(27)20(19)2)9-10-23-28(6)15-13-24(31)26(3,4)22(28)12-16-30(23,29)8/h11,20-25,31H,9-10,12-18H2,1-8H3/t20-,21+,22+,23-,24+,25-,27-,28+,29-,30-/m1/s1. The van der Waals surface area contributed by atoms with Gasteiger partial charge in [-0.25, -0.2) is 0 Å². The van der Waals surface area contributed by atoms with Crippen LogP contribution in [0.5, 0.6) is 0 Å². The van der Waals surface area contributed by atoms with Gasteiger partial charge in [0.2, 0.25) is 0 Å². The molecule has 0 unspecified atom stereocenters. The van der Waals surface area contributed by atoms with E-state index in [1.165, 1.54) is 51.4 Å². The van der Waals surface area contributed by atoms with Crippen LogP contribution in [-0.4, -0.2) is 11.2 Å². The summed E-state index contributed by atoms with van der Waals surface area (Å²) in [7, 11) is 0. The Morgan fingerprint density at radius 3 is 2.23 bits per heavy atom. The Labute approximate surface area is 192 Å². The molecule has 0 saturated heterocycles. The zero-order chi connectivity index (χ0) is 22.6. The smallest absolute Gasteiger partial charge is 0.0594 e. The summed E-state index contributed by atoms with van der Waals surface area (Å²) in [4.78, 5) is 0. The third-order valence-corrected chi connectivity index (χ3v) is 13.5. The van der Waals surface area contributed by atoms with Gasteiger partial charge < -0.3 is 5.11 Å². The molecule has 0 radical (unpaired) electrons. The molecular weight excluding hydrogens is 376 g/mol. The average molecular weight is 427 g/mol. The van der Waals surface area contributed by atoms with E-state index in [9.17, 15) is 5.11 Å². The Morgan fingerprint density at radius 2 is 1.52 bits per heavy atom. The SMILES string of the molecule is CC1=CC[C@]2(C)CC[C@]3(C)[C@@H](CC[C@@H]4[C@@]5(C)CC[C@H](O)C(C)(C)[C@@H]5CC[C@]43C)[C@H]2[C@@H]1C. The van der Waals surface area contributed by atoms with Crippen LogP contribution < -0.4 is 0 Å². The highest BCUT2D eigenvalue weighted by molar-refractivity contribution is 5.22. The molecule has 5 rings (SSSR count). The van der Waals surface area contributed by atoms with Crippen LogP contribution in [0.3, 0.4) is 0 Å².